The highest BCUT2D eigenvalue weighted by Crippen LogP contribution is 2.23. The van der Waals surface area contributed by atoms with E-state index in [9.17, 15) is 4.79 Å². The number of rotatable bonds is 6. The van der Waals surface area contributed by atoms with Crippen LogP contribution in [-0.2, 0) is 11.2 Å². The molecule has 0 saturated heterocycles. The molecule has 2 aromatic carbocycles. The number of hydrogen-bond acceptors (Lipinski definition) is 5. The van der Waals surface area contributed by atoms with Crippen molar-refractivity contribution < 1.29 is 9.53 Å². The van der Waals surface area contributed by atoms with E-state index < -0.39 is 0 Å². The number of para-hydroxylation sites is 3. The van der Waals surface area contributed by atoms with Gasteiger partial charge in [0, 0.05) is 6.42 Å². The highest BCUT2D eigenvalue weighted by atomic mass is 16.5. The third-order valence-corrected chi connectivity index (χ3v) is 4.01. The summed E-state index contributed by atoms with van der Waals surface area (Å²) in [6.45, 7) is 5.82. The lowest BCUT2D eigenvalue weighted by atomic mass is 10.1. The first kappa shape index (κ1) is 17.6. The maximum Gasteiger partial charge on any atom is 0.262 e. The molecule has 0 fully saturated rings. The Hall–Kier alpha value is -3.22. The summed E-state index contributed by atoms with van der Waals surface area (Å²) in [7, 11) is 0. The van der Waals surface area contributed by atoms with Crippen LogP contribution in [0.25, 0.3) is 5.69 Å². The van der Waals surface area contributed by atoms with Gasteiger partial charge in [-0.3, -0.25) is 4.79 Å². The van der Waals surface area contributed by atoms with Crippen molar-refractivity contribution in [3.63, 3.8) is 0 Å². The summed E-state index contributed by atoms with van der Waals surface area (Å²) in [5.41, 5.74) is 3.35. The second kappa shape index (κ2) is 7.77. The number of aromatic nitrogens is 4. The molecule has 0 aliphatic carbocycles. The molecule has 1 amide bonds. The van der Waals surface area contributed by atoms with Gasteiger partial charge in [0.1, 0.15) is 5.75 Å². The van der Waals surface area contributed by atoms with Crippen LogP contribution < -0.4 is 10.1 Å². The summed E-state index contributed by atoms with van der Waals surface area (Å²) >= 11 is 0. The summed E-state index contributed by atoms with van der Waals surface area (Å²) < 4.78 is 7.34. The monoisotopic (exact) mass is 351 g/mol. The molecule has 0 saturated carbocycles. The zero-order chi connectivity index (χ0) is 18.5. The van der Waals surface area contributed by atoms with E-state index in [1.165, 1.54) is 0 Å². The molecule has 0 unspecified atom stereocenters. The van der Waals surface area contributed by atoms with Gasteiger partial charge < -0.3 is 10.1 Å². The molecular formula is C19H21N5O2. The van der Waals surface area contributed by atoms with E-state index in [0.717, 1.165) is 28.4 Å². The number of amides is 1. The molecule has 3 aromatic rings. The quantitative estimate of drug-likeness (QED) is 0.738. The van der Waals surface area contributed by atoms with Crippen LogP contribution in [0, 0.1) is 13.8 Å². The summed E-state index contributed by atoms with van der Waals surface area (Å²) in [5, 5.41) is 14.6. The molecule has 1 N–H and O–H groups in total. The minimum absolute atomic E-state index is 0.0731. The van der Waals surface area contributed by atoms with Gasteiger partial charge in [-0.1, -0.05) is 37.3 Å². The zero-order valence-electron chi connectivity index (χ0n) is 15.1. The molecule has 0 bridgehead atoms. The summed E-state index contributed by atoms with van der Waals surface area (Å²) in [6.07, 6.45) is 0.685. The van der Waals surface area contributed by atoms with Gasteiger partial charge in [-0.05, 0) is 47.5 Å². The molecule has 7 heteroatoms. The number of tetrazole rings is 1. The normalized spacial score (nSPS) is 10.6. The highest BCUT2D eigenvalue weighted by Gasteiger charge is 2.13. The van der Waals surface area contributed by atoms with E-state index in [1.807, 2.05) is 63.2 Å². The Bertz CT molecular complexity index is 900. The fourth-order valence-corrected chi connectivity index (χ4v) is 2.73. The smallest absolute Gasteiger partial charge is 0.262 e. The first-order valence-corrected chi connectivity index (χ1v) is 8.45. The van der Waals surface area contributed by atoms with E-state index in [4.69, 9.17) is 4.74 Å². The van der Waals surface area contributed by atoms with Gasteiger partial charge >= 0.3 is 0 Å². The predicted octanol–water partition coefficient (Wildman–Crippen LogP) is 2.86. The summed E-state index contributed by atoms with van der Waals surface area (Å²) in [5.74, 6) is 1.22. The van der Waals surface area contributed by atoms with Gasteiger partial charge in [-0.25, -0.2) is 0 Å². The molecule has 1 aromatic heterocycles. The van der Waals surface area contributed by atoms with Crippen LogP contribution in [0.3, 0.4) is 0 Å². The minimum atomic E-state index is -0.244. The Morgan fingerprint density at radius 2 is 1.85 bits per heavy atom. The van der Waals surface area contributed by atoms with E-state index >= 15 is 0 Å². The minimum Gasteiger partial charge on any atom is -0.483 e. The van der Waals surface area contributed by atoms with Gasteiger partial charge in [0.05, 0.1) is 11.4 Å². The number of benzene rings is 2. The zero-order valence-corrected chi connectivity index (χ0v) is 15.1. The molecular weight excluding hydrogens is 330 g/mol. The molecule has 3 rings (SSSR count). The van der Waals surface area contributed by atoms with Crippen LogP contribution in [0.2, 0.25) is 0 Å². The average Bonchev–Trinajstić information content (AvgIpc) is 3.10. The standard InChI is InChI=1S/C19H21N5O2/c1-4-17-21-22-23-24(17)16-11-6-5-10-15(16)20-18(25)12-26-19-13(2)8-7-9-14(19)3/h5-11H,4,12H2,1-3H3,(H,20,25). The van der Waals surface area contributed by atoms with Crippen molar-refractivity contribution in [1.82, 2.24) is 20.2 Å². The number of hydrogen-bond donors (Lipinski definition) is 1. The van der Waals surface area contributed by atoms with Gasteiger partial charge in [-0.15, -0.1) is 5.10 Å². The first-order valence-electron chi connectivity index (χ1n) is 8.45. The van der Waals surface area contributed by atoms with Crippen LogP contribution >= 0.6 is 0 Å². The third-order valence-electron chi connectivity index (χ3n) is 4.01. The average molecular weight is 351 g/mol. The lowest BCUT2D eigenvalue weighted by Gasteiger charge is -2.14. The number of ether oxygens (including phenoxy) is 1. The summed E-state index contributed by atoms with van der Waals surface area (Å²) in [6, 6.07) is 13.3. The number of anilines is 1. The fraction of sp³-hybridized carbons (Fsp3) is 0.263. The van der Waals surface area contributed by atoms with E-state index in [-0.39, 0.29) is 12.5 Å². The molecule has 134 valence electrons. The molecule has 26 heavy (non-hydrogen) atoms. The van der Waals surface area contributed by atoms with E-state index in [2.05, 4.69) is 20.8 Å². The third kappa shape index (κ3) is 3.72. The number of carbonyl (C=O) groups is 1. The Labute approximate surface area is 152 Å². The predicted molar refractivity (Wildman–Crippen MR) is 98.6 cm³/mol. The molecule has 0 spiro atoms. The van der Waals surface area contributed by atoms with Gasteiger partial charge in [0.15, 0.2) is 12.4 Å². The Morgan fingerprint density at radius 3 is 2.58 bits per heavy atom. The lowest BCUT2D eigenvalue weighted by molar-refractivity contribution is -0.118. The molecule has 7 nitrogen and oxygen atoms in total. The number of nitrogens with one attached hydrogen (secondary N) is 1. The number of nitrogens with zero attached hydrogens (tertiary/aromatic N) is 4. The van der Waals surface area contributed by atoms with Crippen LogP contribution in [0.4, 0.5) is 5.69 Å². The summed E-state index contributed by atoms with van der Waals surface area (Å²) in [4.78, 5) is 12.4. The Balaban J connectivity index is 1.74. The van der Waals surface area contributed by atoms with Crippen LogP contribution in [0.5, 0.6) is 5.75 Å². The molecule has 1 heterocycles. The SMILES string of the molecule is CCc1nnnn1-c1ccccc1NC(=O)COc1c(C)cccc1C. The maximum atomic E-state index is 12.4. The van der Waals surface area contributed by atoms with Gasteiger partial charge in [0.2, 0.25) is 0 Å². The van der Waals surface area contributed by atoms with E-state index in [1.54, 1.807) is 4.68 Å². The molecule has 0 aliphatic rings. The van der Waals surface area contributed by atoms with Crippen molar-refractivity contribution in [2.75, 3.05) is 11.9 Å². The number of carbonyl (C=O) groups excluding carboxylic acids is 1. The van der Waals surface area contributed by atoms with Crippen molar-refractivity contribution in [3.05, 3.63) is 59.4 Å². The van der Waals surface area contributed by atoms with Crippen molar-refractivity contribution >= 4 is 11.6 Å². The van der Waals surface area contributed by atoms with Gasteiger partial charge in [-0.2, -0.15) is 4.68 Å². The van der Waals surface area contributed by atoms with Crippen molar-refractivity contribution in [2.45, 2.75) is 27.2 Å². The van der Waals surface area contributed by atoms with Crippen LogP contribution in [0.15, 0.2) is 42.5 Å². The van der Waals surface area contributed by atoms with Crippen molar-refractivity contribution in [1.29, 1.82) is 0 Å². The van der Waals surface area contributed by atoms with Gasteiger partial charge in [0.25, 0.3) is 5.91 Å². The van der Waals surface area contributed by atoms with Crippen LogP contribution in [0.1, 0.15) is 23.9 Å². The Kier molecular flexibility index (Phi) is 5.26. The number of aryl methyl sites for hydroxylation is 3. The second-order valence-corrected chi connectivity index (χ2v) is 5.94. The highest BCUT2D eigenvalue weighted by molar-refractivity contribution is 5.93. The second-order valence-electron chi connectivity index (χ2n) is 5.94. The molecule has 0 radical (unpaired) electrons. The molecule has 0 aliphatic heterocycles. The largest absolute Gasteiger partial charge is 0.483 e. The topological polar surface area (TPSA) is 81.9 Å². The van der Waals surface area contributed by atoms with Crippen molar-refractivity contribution in [3.8, 4) is 11.4 Å². The fourth-order valence-electron chi connectivity index (χ4n) is 2.73. The van der Waals surface area contributed by atoms with Crippen molar-refractivity contribution in [2.24, 2.45) is 0 Å². The Morgan fingerprint density at radius 1 is 1.12 bits per heavy atom. The maximum absolute atomic E-state index is 12.4. The molecule has 0 atom stereocenters. The van der Waals surface area contributed by atoms with E-state index in [0.29, 0.717) is 12.1 Å². The lowest BCUT2D eigenvalue weighted by Crippen LogP contribution is -2.22. The first-order chi connectivity index (χ1) is 12.6. The van der Waals surface area contributed by atoms with Crippen LogP contribution in [-0.4, -0.2) is 32.7 Å².